The number of hydrogen-bond donors (Lipinski definition) is 0. The van der Waals surface area contributed by atoms with E-state index in [1.54, 1.807) is 0 Å². The Bertz CT molecular complexity index is 947. The van der Waals surface area contributed by atoms with Crippen LogP contribution in [0.15, 0.2) is 78.9 Å². The number of para-hydroxylation sites is 1. The SMILES string of the molecule is O=C1CCC2(c3ccccc3)c3ccccc3-c3ccccc3N12. The van der Waals surface area contributed by atoms with Gasteiger partial charge in [0.05, 0.1) is 11.2 Å². The first-order valence-electron chi connectivity index (χ1n) is 8.40. The number of hydrogen-bond acceptors (Lipinski definition) is 1. The lowest BCUT2D eigenvalue weighted by Gasteiger charge is -2.45. The van der Waals surface area contributed by atoms with Crippen molar-refractivity contribution < 1.29 is 4.79 Å². The molecule has 2 nitrogen and oxygen atoms in total. The van der Waals surface area contributed by atoms with Gasteiger partial charge in [-0.2, -0.15) is 0 Å². The van der Waals surface area contributed by atoms with E-state index in [4.69, 9.17) is 0 Å². The average Bonchev–Trinajstić information content (AvgIpc) is 3.02. The van der Waals surface area contributed by atoms with Gasteiger partial charge in [0.25, 0.3) is 0 Å². The van der Waals surface area contributed by atoms with Crippen molar-refractivity contribution in [3.63, 3.8) is 0 Å². The number of anilines is 1. The van der Waals surface area contributed by atoms with E-state index in [1.165, 1.54) is 16.7 Å². The molecule has 3 aromatic carbocycles. The zero-order valence-electron chi connectivity index (χ0n) is 13.3. The Morgan fingerprint density at radius 3 is 2.25 bits per heavy atom. The van der Waals surface area contributed by atoms with Gasteiger partial charge in [0.1, 0.15) is 0 Å². The number of fused-ring (bicyclic) bond motifs is 6. The third kappa shape index (κ3) is 1.58. The number of carbonyl (C=O) groups is 1. The molecular weight excluding hydrogens is 294 g/mol. The van der Waals surface area contributed by atoms with Crippen LogP contribution in [-0.4, -0.2) is 5.91 Å². The van der Waals surface area contributed by atoms with E-state index in [0.29, 0.717) is 6.42 Å². The molecule has 1 fully saturated rings. The standard InChI is InChI=1S/C22H17NO/c24-21-14-15-22(16-8-2-1-3-9-16)19-12-6-4-10-17(19)18-11-5-7-13-20(18)23(21)22/h1-13H,14-15H2. The summed E-state index contributed by atoms with van der Waals surface area (Å²) in [5.41, 5.74) is 5.46. The van der Waals surface area contributed by atoms with E-state index in [1.807, 2.05) is 23.1 Å². The summed E-state index contributed by atoms with van der Waals surface area (Å²) in [5, 5.41) is 0. The largest absolute Gasteiger partial charge is 0.297 e. The lowest BCUT2D eigenvalue weighted by Crippen LogP contribution is -2.47. The van der Waals surface area contributed by atoms with Crippen molar-refractivity contribution in [2.24, 2.45) is 0 Å². The second-order valence-corrected chi connectivity index (χ2v) is 6.52. The van der Waals surface area contributed by atoms with Crippen LogP contribution in [0.25, 0.3) is 11.1 Å². The van der Waals surface area contributed by atoms with Gasteiger partial charge in [-0.05, 0) is 29.2 Å². The van der Waals surface area contributed by atoms with Gasteiger partial charge in [-0.25, -0.2) is 0 Å². The smallest absolute Gasteiger partial charge is 0.228 e. The van der Waals surface area contributed by atoms with E-state index in [2.05, 4.69) is 60.7 Å². The molecule has 5 rings (SSSR count). The lowest BCUT2D eigenvalue weighted by molar-refractivity contribution is -0.117. The van der Waals surface area contributed by atoms with E-state index in [9.17, 15) is 4.79 Å². The first-order chi connectivity index (χ1) is 11.8. The Hall–Kier alpha value is -2.87. The molecule has 0 bridgehead atoms. The number of amides is 1. The summed E-state index contributed by atoms with van der Waals surface area (Å²) >= 11 is 0. The van der Waals surface area contributed by atoms with E-state index < -0.39 is 0 Å². The Morgan fingerprint density at radius 2 is 1.42 bits per heavy atom. The number of nitrogens with zero attached hydrogens (tertiary/aromatic N) is 1. The Morgan fingerprint density at radius 1 is 0.750 bits per heavy atom. The molecular formula is C22H17NO. The molecule has 0 spiro atoms. The van der Waals surface area contributed by atoms with Gasteiger partial charge in [-0.15, -0.1) is 0 Å². The molecule has 1 unspecified atom stereocenters. The van der Waals surface area contributed by atoms with Crippen LogP contribution in [0.1, 0.15) is 24.0 Å². The monoisotopic (exact) mass is 311 g/mol. The molecule has 0 aliphatic carbocycles. The zero-order valence-corrected chi connectivity index (χ0v) is 13.3. The highest BCUT2D eigenvalue weighted by molar-refractivity contribution is 6.05. The van der Waals surface area contributed by atoms with E-state index in [0.717, 1.165) is 17.7 Å². The molecule has 2 aliphatic heterocycles. The molecule has 0 N–H and O–H groups in total. The molecule has 1 amide bonds. The number of benzene rings is 3. The number of carbonyl (C=O) groups excluding carboxylic acids is 1. The van der Waals surface area contributed by atoms with Gasteiger partial charge in [0, 0.05) is 12.0 Å². The zero-order chi connectivity index (χ0) is 16.1. The minimum Gasteiger partial charge on any atom is -0.297 e. The fourth-order valence-electron chi connectivity index (χ4n) is 4.44. The highest BCUT2D eigenvalue weighted by Gasteiger charge is 2.52. The topological polar surface area (TPSA) is 20.3 Å². The molecule has 2 heterocycles. The van der Waals surface area contributed by atoms with Gasteiger partial charge in [-0.1, -0.05) is 72.8 Å². The molecule has 3 aromatic rings. The van der Waals surface area contributed by atoms with Crippen LogP contribution in [0.4, 0.5) is 5.69 Å². The summed E-state index contributed by atoms with van der Waals surface area (Å²) in [6.07, 6.45) is 1.40. The summed E-state index contributed by atoms with van der Waals surface area (Å²) < 4.78 is 0. The molecule has 0 aromatic heterocycles. The summed E-state index contributed by atoms with van der Waals surface area (Å²) in [6, 6.07) is 27.3. The van der Waals surface area contributed by atoms with Crippen molar-refractivity contribution in [1.29, 1.82) is 0 Å². The Labute approximate surface area is 141 Å². The minimum absolute atomic E-state index is 0.209. The third-order valence-electron chi connectivity index (χ3n) is 5.39. The second-order valence-electron chi connectivity index (χ2n) is 6.52. The Balaban J connectivity index is 1.91. The van der Waals surface area contributed by atoms with Gasteiger partial charge in [0.15, 0.2) is 0 Å². The van der Waals surface area contributed by atoms with Crippen LogP contribution in [0, 0.1) is 0 Å². The maximum atomic E-state index is 12.9. The van der Waals surface area contributed by atoms with Crippen molar-refractivity contribution in [2.45, 2.75) is 18.4 Å². The van der Waals surface area contributed by atoms with Gasteiger partial charge >= 0.3 is 0 Å². The fraction of sp³-hybridized carbons (Fsp3) is 0.136. The van der Waals surface area contributed by atoms with Gasteiger partial charge in [-0.3, -0.25) is 9.69 Å². The first-order valence-corrected chi connectivity index (χ1v) is 8.40. The third-order valence-corrected chi connectivity index (χ3v) is 5.39. The fourth-order valence-corrected chi connectivity index (χ4v) is 4.44. The second kappa shape index (κ2) is 4.81. The predicted molar refractivity (Wildman–Crippen MR) is 95.8 cm³/mol. The first kappa shape index (κ1) is 13.6. The molecule has 1 atom stereocenters. The van der Waals surface area contributed by atoms with Gasteiger partial charge < -0.3 is 0 Å². The molecule has 1 saturated heterocycles. The van der Waals surface area contributed by atoms with Crippen LogP contribution < -0.4 is 4.90 Å². The maximum absolute atomic E-state index is 12.9. The summed E-state index contributed by atoms with van der Waals surface area (Å²) in [7, 11) is 0. The minimum atomic E-state index is -0.386. The maximum Gasteiger partial charge on any atom is 0.228 e. The van der Waals surface area contributed by atoms with Crippen molar-refractivity contribution >= 4 is 11.6 Å². The van der Waals surface area contributed by atoms with Gasteiger partial charge in [0.2, 0.25) is 5.91 Å². The summed E-state index contributed by atoms with van der Waals surface area (Å²) in [6.45, 7) is 0. The summed E-state index contributed by atoms with van der Waals surface area (Å²) in [4.78, 5) is 14.9. The molecule has 24 heavy (non-hydrogen) atoms. The molecule has 0 saturated carbocycles. The predicted octanol–water partition coefficient (Wildman–Crippen LogP) is 4.74. The van der Waals surface area contributed by atoms with Crippen molar-refractivity contribution in [1.82, 2.24) is 0 Å². The number of rotatable bonds is 1. The van der Waals surface area contributed by atoms with Crippen LogP contribution in [-0.2, 0) is 10.3 Å². The van der Waals surface area contributed by atoms with Crippen molar-refractivity contribution in [2.75, 3.05) is 4.90 Å². The van der Waals surface area contributed by atoms with Crippen molar-refractivity contribution in [3.8, 4) is 11.1 Å². The summed E-state index contributed by atoms with van der Waals surface area (Å²) in [5.74, 6) is 0.209. The molecule has 2 heteroatoms. The molecule has 0 radical (unpaired) electrons. The van der Waals surface area contributed by atoms with Crippen LogP contribution in [0.2, 0.25) is 0 Å². The average molecular weight is 311 g/mol. The quantitative estimate of drug-likeness (QED) is 0.636. The van der Waals surface area contributed by atoms with E-state index >= 15 is 0 Å². The highest BCUT2D eigenvalue weighted by atomic mass is 16.2. The lowest BCUT2D eigenvalue weighted by atomic mass is 9.74. The normalized spacial score (nSPS) is 21.2. The van der Waals surface area contributed by atoms with Crippen LogP contribution in [0.3, 0.4) is 0 Å². The van der Waals surface area contributed by atoms with Crippen molar-refractivity contribution in [3.05, 3.63) is 90.0 Å². The van der Waals surface area contributed by atoms with Crippen LogP contribution in [0.5, 0.6) is 0 Å². The molecule has 2 aliphatic rings. The Kier molecular flexibility index (Phi) is 2.72. The van der Waals surface area contributed by atoms with E-state index in [-0.39, 0.29) is 11.4 Å². The highest BCUT2D eigenvalue weighted by Crippen LogP contribution is 2.55. The molecule has 116 valence electrons. The van der Waals surface area contributed by atoms with Crippen LogP contribution >= 0.6 is 0 Å².